The molecular formula is C14H34BClN8. The third-order valence-corrected chi connectivity index (χ3v) is 1.42. The van der Waals surface area contributed by atoms with Gasteiger partial charge in [-0.1, -0.05) is 61.8 Å². The lowest BCUT2D eigenvalue weighted by atomic mass is 9.58. The zero-order valence-electron chi connectivity index (χ0n) is 11.9. The average Bonchev–Trinajstić information content (AvgIpc) is 2.28. The molecule has 0 aliphatic heterocycles. The molecule has 0 aromatic carbocycles. The first-order valence-corrected chi connectivity index (χ1v) is 6.21. The van der Waals surface area contributed by atoms with Gasteiger partial charge in [0.15, 0.2) is 5.15 Å². The Balaban J connectivity index is -0.0000000728. The number of hydrogen-bond donors (Lipinski definition) is 2. The van der Waals surface area contributed by atoms with Gasteiger partial charge in [0.2, 0.25) is 11.9 Å². The van der Waals surface area contributed by atoms with Crippen LogP contribution in [0.3, 0.4) is 0 Å². The van der Waals surface area contributed by atoms with Crippen molar-refractivity contribution in [2.24, 2.45) is 0 Å². The second kappa shape index (κ2) is 19.0. The Labute approximate surface area is 153 Å². The van der Waals surface area contributed by atoms with Crippen LogP contribution in [-0.4, -0.2) is 37.1 Å². The van der Waals surface area contributed by atoms with Gasteiger partial charge >= 0.3 is 0 Å². The molecule has 4 N–H and O–H groups in total. The molecule has 24 heavy (non-hydrogen) atoms. The summed E-state index contributed by atoms with van der Waals surface area (Å²) in [7, 11) is 0. The third-order valence-electron chi connectivity index (χ3n) is 1.24. The van der Waals surface area contributed by atoms with Crippen molar-refractivity contribution < 1.29 is 0 Å². The van der Waals surface area contributed by atoms with Crippen LogP contribution in [0, 0.1) is 6.92 Å². The number of aromatic nitrogens is 6. The lowest BCUT2D eigenvalue weighted by Gasteiger charge is -1.87. The number of halogens is 1. The van der Waals surface area contributed by atoms with Gasteiger partial charge in [-0.2, -0.15) is 15.2 Å². The second-order valence-corrected chi connectivity index (χ2v) is 4.71. The number of anilines is 2. The van der Waals surface area contributed by atoms with Crippen molar-refractivity contribution in [3.8, 4) is 0 Å². The fourth-order valence-electron chi connectivity index (χ4n) is 0.700. The highest BCUT2D eigenvalue weighted by atomic mass is 35.5. The van der Waals surface area contributed by atoms with Crippen LogP contribution in [-0.2, 0) is 0 Å². The van der Waals surface area contributed by atoms with Crippen LogP contribution in [0.2, 0.25) is 25.6 Å². The van der Waals surface area contributed by atoms with Crippen molar-refractivity contribution in [2.45, 2.75) is 57.1 Å². The van der Waals surface area contributed by atoms with Crippen LogP contribution in [0.1, 0.15) is 35.4 Å². The molecule has 2 aromatic rings. The van der Waals surface area contributed by atoms with Gasteiger partial charge in [-0.25, -0.2) is 4.98 Å². The number of nitrogens with zero attached hydrogens (tertiary/aromatic N) is 6. The lowest BCUT2D eigenvalue weighted by Crippen LogP contribution is -1.97. The van der Waals surface area contributed by atoms with Crippen molar-refractivity contribution in [3.05, 3.63) is 23.2 Å². The molecule has 10 heteroatoms. The largest absolute Gasteiger partial charge is 0.366 e. The smallest absolute Gasteiger partial charge is 0.241 e. The molecule has 2 heterocycles. The monoisotopic (exact) mass is 360 g/mol. The first-order valence-electron chi connectivity index (χ1n) is 5.83. The lowest BCUT2D eigenvalue weighted by molar-refractivity contribution is 0.956. The minimum Gasteiger partial charge on any atom is -0.366 e. The molecule has 0 amide bonds. The van der Waals surface area contributed by atoms with Gasteiger partial charge < -0.3 is 11.5 Å². The van der Waals surface area contributed by atoms with Crippen LogP contribution in [0.5, 0.6) is 0 Å². The van der Waals surface area contributed by atoms with Gasteiger partial charge in [-0.05, 0) is 6.92 Å². The number of aryl methyl sites for hydroxylation is 1. The van der Waals surface area contributed by atoms with Gasteiger partial charge in [0.25, 0.3) is 0 Å². The van der Waals surface area contributed by atoms with E-state index in [-0.39, 0.29) is 46.8 Å². The molecule has 0 aliphatic rings. The van der Waals surface area contributed by atoms with E-state index in [0.717, 1.165) is 12.4 Å². The van der Waals surface area contributed by atoms with E-state index in [9.17, 15) is 0 Å². The van der Waals surface area contributed by atoms with Gasteiger partial charge in [0.05, 0.1) is 18.1 Å². The molecule has 2 rings (SSSR count). The normalized spacial score (nSPS) is 7.21. The van der Waals surface area contributed by atoms with E-state index in [1.807, 2.05) is 6.92 Å². The van der Waals surface area contributed by atoms with Crippen molar-refractivity contribution in [1.29, 1.82) is 0 Å². The summed E-state index contributed by atoms with van der Waals surface area (Å²) in [5.41, 5.74) is 11.1. The summed E-state index contributed by atoms with van der Waals surface area (Å²) < 4.78 is 0. The third kappa shape index (κ3) is 22.3. The SMILES string of the molecule is C.C.C.C.CB(C)C.Cc1cnnc(N)n1.Nc1nncc(Cl)n1. The van der Waals surface area contributed by atoms with Crippen molar-refractivity contribution in [3.63, 3.8) is 0 Å². The Morgan fingerprint density at radius 2 is 1.21 bits per heavy atom. The maximum absolute atomic E-state index is 5.35. The summed E-state index contributed by atoms with van der Waals surface area (Å²) in [6.07, 6.45) is 2.87. The summed E-state index contributed by atoms with van der Waals surface area (Å²) in [5.74, 6) is 0.322. The van der Waals surface area contributed by atoms with E-state index < -0.39 is 0 Å². The molecular weight excluding hydrogens is 326 g/mol. The summed E-state index contributed by atoms with van der Waals surface area (Å²) in [6, 6.07) is 0. The van der Waals surface area contributed by atoms with E-state index in [4.69, 9.17) is 23.1 Å². The van der Waals surface area contributed by atoms with Gasteiger partial charge in [-0.3, -0.25) is 0 Å². The zero-order valence-corrected chi connectivity index (χ0v) is 12.7. The molecule has 0 spiro atoms. The minimum atomic E-state index is 0. The number of nitrogens with two attached hydrogens (primary N) is 2. The van der Waals surface area contributed by atoms with Crippen molar-refractivity contribution in [1.82, 2.24) is 30.4 Å². The predicted octanol–water partition coefficient (Wildman–Crippen LogP) is 3.78. The van der Waals surface area contributed by atoms with Gasteiger partial charge in [-0.15, -0.1) is 10.2 Å². The molecule has 8 nitrogen and oxygen atoms in total. The van der Waals surface area contributed by atoms with Gasteiger partial charge in [0.1, 0.15) is 6.71 Å². The predicted molar refractivity (Wildman–Crippen MR) is 108 cm³/mol. The van der Waals surface area contributed by atoms with Crippen LogP contribution < -0.4 is 11.5 Å². The van der Waals surface area contributed by atoms with E-state index in [1.165, 1.54) is 6.20 Å². The molecule has 0 fully saturated rings. The molecule has 0 radical (unpaired) electrons. The van der Waals surface area contributed by atoms with Crippen LogP contribution in [0.15, 0.2) is 12.4 Å². The summed E-state index contributed by atoms with van der Waals surface area (Å²) in [4.78, 5) is 7.32. The molecule has 0 saturated carbocycles. The molecule has 2 aromatic heterocycles. The van der Waals surface area contributed by atoms with Crippen LogP contribution in [0.25, 0.3) is 0 Å². The van der Waals surface area contributed by atoms with Gasteiger partial charge in [0, 0.05) is 0 Å². The fourth-order valence-corrected chi connectivity index (χ4v) is 0.830. The Bertz CT molecular complexity index is 433. The maximum atomic E-state index is 5.35. The summed E-state index contributed by atoms with van der Waals surface area (Å²) in [6.45, 7) is 9.14. The Morgan fingerprint density at radius 1 is 0.833 bits per heavy atom. The van der Waals surface area contributed by atoms with Crippen LogP contribution in [0.4, 0.5) is 11.9 Å². The quantitative estimate of drug-likeness (QED) is 0.679. The topological polar surface area (TPSA) is 129 Å². The summed E-state index contributed by atoms with van der Waals surface area (Å²) >= 11 is 5.35. The fraction of sp³-hybridized carbons (Fsp3) is 0.571. The number of hydrogen-bond acceptors (Lipinski definition) is 8. The zero-order chi connectivity index (χ0) is 15.5. The highest BCUT2D eigenvalue weighted by Crippen LogP contribution is 1.98. The molecule has 140 valence electrons. The molecule has 0 aliphatic carbocycles. The van der Waals surface area contributed by atoms with E-state index >= 15 is 0 Å². The molecule has 0 atom stereocenters. The van der Waals surface area contributed by atoms with E-state index in [1.54, 1.807) is 6.20 Å². The second-order valence-electron chi connectivity index (χ2n) is 4.33. The Morgan fingerprint density at radius 3 is 1.42 bits per heavy atom. The number of rotatable bonds is 0. The molecule has 0 saturated heterocycles. The summed E-state index contributed by atoms with van der Waals surface area (Å²) in [5, 5.41) is 14.1. The molecule has 0 bridgehead atoms. The Hall–Kier alpha value is -2.03. The minimum absolute atomic E-state index is 0. The number of nitrogen functional groups attached to an aromatic ring is 2. The van der Waals surface area contributed by atoms with E-state index in [0.29, 0.717) is 0 Å². The first kappa shape index (κ1) is 33.6. The van der Waals surface area contributed by atoms with Crippen molar-refractivity contribution in [2.75, 3.05) is 11.5 Å². The van der Waals surface area contributed by atoms with Crippen molar-refractivity contribution >= 4 is 30.2 Å². The average molecular weight is 361 g/mol. The van der Waals surface area contributed by atoms with Crippen LogP contribution >= 0.6 is 11.6 Å². The highest BCUT2D eigenvalue weighted by molar-refractivity contribution is 6.54. The standard InChI is InChI=1S/C4H6N4.C3H9B.C3H3ClN4.4CH4/c1-3-2-6-8-4(5)7-3;1-4(2)3;4-2-1-6-8-3(5)7-2;;;;/h2H,1H3,(H2,5,7,8);1-3H3;1H,(H2,5,7,8);4*1H4. The van der Waals surface area contributed by atoms with E-state index in [2.05, 4.69) is 50.8 Å². The highest BCUT2D eigenvalue weighted by Gasteiger charge is 1.88. The Kier molecular flexibility index (Phi) is 26.6. The maximum Gasteiger partial charge on any atom is 0.241 e. The molecule has 0 unspecified atom stereocenters. The first-order chi connectivity index (χ1) is 9.31.